The lowest BCUT2D eigenvalue weighted by atomic mass is 10.2. The first kappa shape index (κ1) is 21.4. The van der Waals surface area contributed by atoms with Crippen LogP contribution >= 0.6 is 0 Å². The number of carbonyl (C=O) groups is 1. The predicted molar refractivity (Wildman–Crippen MR) is 97.4 cm³/mol. The van der Waals surface area contributed by atoms with Gasteiger partial charge in [-0.1, -0.05) is 68.4 Å². The Balaban J connectivity index is 3.63. The maximum Gasteiger partial charge on any atom is 0.303 e. The minimum Gasteiger partial charge on any atom is -0.481 e. The van der Waals surface area contributed by atoms with Gasteiger partial charge in [0.2, 0.25) is 0 Å². The summed E-state index contributed by atoms with van der Waals surface area (Å²) in [6.45, 7) is 2.21. The van der Waals surface area contributed by atoms with Crippen LogP contribution in [-0.4, -0.2) is 22.3 Å². The van der Waals surface area contributed by atoms with Gasteiger partial charge in [0.15, 0.2) is 0 Å². The van der Waals surface area contributed by atoms with E-state index in [-0.39, 0.29) is 6.42 Å². The molecule has 0 heterocycles. The second-order valence-electron chi connectivity index (χ2n) is 5.58. The van der Waals surface area contributed by atoms with Crippen molar-refractivity contribution in [3.05, 3.63) is 48.6 Å². The summed E-state index contributed by atoms with van der Waals surface area (Å²) >= 11 is 0. The third kappa shape index (κ3) is 18.3. The van der Waals surface area contributed by atoms with E-state index in [1.54, 1.807) is 6.08 Å². The fraction of sp³-hybridized carbons (Fsp3) is 0.550. The molecule has 0 saturated heterocycles. The zero-order chi connectivity index (χ0) is 17.2. The molecule has 0 aromatic rings. The van der Waals surface area contributed by atoms with Gasteiger partial charge in [-0.15, -0.1) is 0 Å². The first-order chi connectivity index (χ1) is 11.2. The molecule has 0 unspecified atom stereocenters. The van der Waals surface area contributed by atoms with Crippen LogP contribution in [0.1, 0.15) is 64.7 Å². The molecule has 23 heavy (non-hydrogen) atoms. The molecule has 0 bridgehead atoms. The molecule has 0 rings (SSSR count). The van der Waals surface area contributed by atoms with E-state index in [9.17, 15) is 9.90 Å². The molecular formula is C20H32O3. The number of hydrogen-bond acceptors (Lipinski definition) is 2. The molecule has 2 N–H and O–H groups in total. The van der Waals surface area contributed by atoms with Gasteiger partial charge in [0.25, 0.3) is 0 Å². The number of aliphatic carboxylic acids is 1. The van der Waals surface area contributed by atoms with Crippen LogP contribution in [0.25, 0.3) is 0 Å². The highest BCUT2D eigenvalue weighted by molar-refractivity contribution is 5.66. The monoisotopic (exact) mass is 320 g/mol. The van der Waals surface area contributed by atoms with Gasteiger partial charge in [-0.2, -0.15) is 0 Å². The molecule has 0 aliphatic carbocycles. The third-order valence-electron chi connectivity index (χ3n) is 3.30. The van der Waals surface area contributed by atoms with Gasteiger partial charge in [-0.25, -0.2) is 0 Å². The third-order valence-corrected chi connectivity index (χ3v) is 3.30. The molecule has 0 radical (unpaired) electrons. The van der Waals surface area contributed by atoms with Crippen LogP contribution in [0.15, 0.2) is 48.6 Å². The summed E-state index contributed by atoms with van der Waals surface area (Å²) in [7, 11) is 0. The summed E-state index contributed by atoms with van der Waals surface area (Å²) in [6, 6.07) is 0. The Morgan fingerprint density at radius 2 is 1.70 bits per heavy atom. The van der Waals surface area contributed by atoms with Crippen LogP contribution in [0, 0.1) is 0 Å². The highest BCUT2D eigenvalue weighted by Crippen LogP contribution is 2.02. The largest absolute Gasteiger partial charge is 0.481 e. The smallest absolute Gasteiger partial charge is 0.303 e. The summed E-state index contributed by atoms with van der Waals surface area (Å²) in [4.78, 5) is 10.3. The average Bonchev–Trinajstić information content (AvgIpc) is 2.52. The first-order valence-electron chi connectivity index (χ1n) is 8.70. The Bertz CT molecular complexity index is 392. The van der Waals surface area contributed by atoms with Gasteiger partial charge in [-0.3, -0.25) is 4.79 Å². The highest BCUT2D eigenvalue weighted by Gasteiger charge is 1.95. The van der Waals surface area contributed by atoms with Crippen LogP contribution in [0.5, 0.6) is 0 Å². The molecule has 0 saturated carbocycles. The lowest BCUT2D eigenvalue weighted by molar-refractivity contribution is -0.137. The van der Waals surface area contributed by atoms with Gasteiger partial charge in [-0.05, 0) is 38.5 Å². The molecule has 0 spiro atoms. The molecule has 0 aliphatic rings. The van der Waals surface area contributed by atoms with Crippen molar-refractivity contribution in [2.75, 3.05) is 0 Å². The maximum atomic E-state index is 10.3. The Kier molecular flexibility index (Phi) is 15.6. The van der Waals surface area contributed by atoms with E-state index in [4.69, 9.17) is 5.11 Å². The normalized spacial score (nSPS) is 13.8. The molecule has 0 aliphatic heterocycles. The minimum absolute atomic E-state index is 0.199. The molecule has 0 aromatic carbocycles. The second-order valence-corrected chi connectivity index (χ2v) is 5.58. The van der Waals surface area contributed by atoms with E-state index in [1.807, 2.05) is 24.3 Å². The summed E-state index contributed by atoms with van der Waals surface area (Å²) in [5.41, 5.74) is 0. The number of aliphatic hydroxyl groups is 1. The first-order valence-corrected chi connectivity index (χ1v) is 8.70. The van der Waals surface area contributed by atoms with Crippen LogP contribution in [0.4, 0.5) is 0 Å². The summed E-state index contributed by atoms with van der Waals surface area (Å²) < 4.78 is 0. The Labute approximate surface area is 141 Å². The topological polar surface area (TPSA) is 57.5 Å². The van der Waals surface area contributed by atoms with Crippen LogP contribution in [-0.2, 0) is 4.79 Å². The highest BCUT2D eigenvalue weighted by atomic mass is 16.4. The average molecular weight is 320 g/mol. The number of hydrogen-bond donors (Lipinski definition) is 2. The SMILES string of the molecule is CCCCC/C=C/C/C=C/C=C\[C@@H](O)C/C=C/CCCC(=O)O. The van der Waals surface area contributed by atoms with Crippen LogP contribution in [0.2, 0.25) is 0 Å². The number of carboxylic acids is 1. The van der Waals surface area contributed by atoms with E-state index < -0.39 is 12.1 Å². The number of unbranched alkanes of at least 4 members (excludes halogenated alkanes) is 4. The van der Waals surface area contributed by atoms with Gasteiger partial charge in [0.05, 0.1) is 6.10 Å². The van der Waals surface area contributed by atoms with Gasteiger partial charge in [0, 0.05) is 6.42 Å². The Morgan fingerprint density at radius 3 is 2.43 bits per heavy atom. The lowest BCUT2D eigenvalue weighted by Crippen LogP contribution is -1.98. The standard InChI is InChI=1S/C20H32O3/c1-2-3-4-5-6-7-8-9-10-13-16-19(21)17-14-11-12-15-18-20(22)23/h6-7,9-11,13-14,16,19,21H,2-5,8,12,15,17-18H2,1H3,(H,22,23)/b7-6+,10-9+,14-11+,16-13-/t19-/m1/s1. The number of aliphatic hydroxyl groups excluding tert-OH is 1. The molecule has 0 fully saturated rings. The minimum atomic E-state index is -0.760. The second kappa shape index (κ2) is 16.8. The number of carboxylic acid groups (broad SMARTS) is 1. The summed E-state index contributed by atoms with van der Waals surface area (Å²) in [5, 5.41) is 18.2. The molecule has 3 heteroatoms. The lowest BCUT2D eigenvalue weighted by Gasteiger charge is -1.99. The van der Waals surface area contributed by atoms with Gasteiger partial charge in [0.1, 0.15) is 0 Å². The predicted octanol–water partition coefficient (Wildman–Crippen LogP) is 5.19. The summed E-state index contributed by atoms with van der Waals surface area (Å²) in [5.74, 6) is -0.760. The molecule has 3 nitrogen and oxygen atoms in total. The van der Waals surface area contributed by atoms with Gasteiger partial charge < -0.3 is 10.2 Å². The van der Waals surface area contributed by atoms with Crippen LogP contribution < -0.4 is 0 Å². The molecule has 0 aromatic heterocycles. The maximum absolute atomic E-state index is 10.3. The zero-order valence-electron chi connectivity index (χ0n) is 14.4. The Morgan fingerprint density at radius 1 is 0.957 bits per heavy atom. The van der Waals surface area contributed by atoms with E-state index in [0.717, 1.165) is 19.3 Å². The fourth-order valence-electron chi connectivity index (χ4n) is 1.96. The van der Waals surface area contributed by atoms with Crippen molar-refractivity contribution >= 4 is 5.97 Å². The molecule has 1 atom stereocenters. The van der Waals surface area contributed by atoms with Crippen molar-refractivity contribution in [3.63, 3.8) is 0 Å². The molecule has 130 valence electrons. The quantitative estimate of drug-likeness (QED) is 0.263. The van der Waals surface area contributed by atoms with Crippen molar-refractivity contribution in [1.29, 1.82) is 0 Å². The van der Waals surface area contributed by atoms with Gasteiger partial charge >= 0.3 is 5.97 Å². The summed E-state index contributed by atoms with van der Waals surface area (Å²) in [6.07, 6.45) is 23.5. The Hall–Kier alpha value is -1.61. The van der Waals surface area contributed by atoms with Crippen molar-refractivity contribution in [1.82, 2.24) is 0 Å². The number of rotatable bonds is 14. The van der Waals surface area contributed by atoms with E-state index in [1.165, 1.54) is 19.3 Å². The van der Waals surface area contributed by atoms with Crippen molar-refractivity contribution in [3.8, 4) is 0 Å². The van der Waals surface area contributed by atoms with Crippen molar-refractivity contribution in [2.45, 2.75) is 70.8 Å². The van der Waals surface area contributed by atoms with E-state index in [2.05, 4.69) is 25.2 Å². The van der Waals surface area contributed by atoms with Crippen molar-refractivity contribution in [2.24, 2.45) is 0 Å². The van der Waals surface area contributed by atoms with E-state index in [0.29, 0.717) is 12.8 Å². The zero-order valence-corrected chi connectivity index (χ0v) is 14.4. The fourth-order valence-corrected chi connectivity index (χ4v) is 1.96. The number of allylic oxidation sites excluding steroid dienone is 6. The van der Waals surface area contributed by atoms with E-state index >= 15 is 0 Å². The molecule has 0 amide bonds. The van der Waals surface area contributed by atoms with Crippen LogP contribution in [0.3, 0.4) is 0 Å². The molecular weight excluding hydrogens is 288 g/mol. The van der Waals surface area contributed by atoms with Crippen molar-refractivity contribution < 1.29 is 15.0 Å².